The molecule has 0 saturated heterocycles. The highest BCUT2D eigenvalue weighted by Gasteiger charge is 2.19. The van der Waals surface area contributed by atoms with Crippen LogP contribution in [-0.4, -0.2) is 26.4 Å². The Labute approximate surface area is 157 Å². The van der Waals surface area contributed by atoms with E-state index in [0.29, 0.717) is 29.6 Å². The zero-order valence-corrected chi connectivity index (χ0v) is 17.1. The highest BCUT2D eigenvalue weighted by atomic mass is 31.1. The van der Waals surface area contributed by atoms with Gasteiger partial charge < -0.3 is 14.2 Å². The van der Waals surface area contributed by atoms with Gasteiger partial charge in [0.15, 0.2) is 5.52 Å². The van der Waals surface area contributed by atoms with Gasteiger partial charge in [-0.05, 0) is 63.0 Å². The van der Waals surface area contributed by atoms with Crippen molar-refractivity contribution in [3.05, 3.63) is 47.5 Å². The number of aryl methyl sites for hydroxylation is 1. The summed E-state index contributed by atoms with van der Waals surface area (Å²) in [5.74, 6) is 2.53. The second-order valence-electron chi connectivity index (χ2n) is 6.50. The summed E-state index contributed by atoms with van der Waals surface area (Å²) in [6.45, 7) is 7.06. The van der Waals surface area contributed by atoms with Crippen molar-refractivity contribution in [1.82, 2.24) is 0 Å². The summed E-state index contributed by atoms with van der Waals surface area (Å²) in [6, 6.07) is 11.3. The van der Waals surface area contributed by atoms with Crippen LogP contribution in [0.2, 0.25) is 0 Å². The molecule has 0 bridgehead atoms. The third-order valence-electron chi connectivity index (χ3n) is 4.06. The van der Waals surface area contributed by atoms with Crippen molar-refractivity contribution in [2.45, 2.75) is 27.2 Å². The van der Waals surface area contributed by atoms with Gasteiger partial charge in [-0.15, -0.1) is 0 Å². The van der Waals surface area contributed by atoms with E-state index in [0.717, 1.165) is 23.0 Å². The van der Waals surface area contributed by atoms with E-state index in [1.807, 2.05) is 31.2 Å². The second-order valence-corrected chi connectivity index (χ2v) is 7.74. The normalized spacial score (nSPS) is 11.2. The third kappa shape index (κ3) is 5.22. The first-order valence-electron chi connectivity index (χ1n) is 8.72. The van der Waals surface area contributed by atoms with Gasteiger partial charge >= 0.3 is 0 Å². The summed E-state index contributed by atoms with van der Waals surface area (Å²) in [5.41, 5.74) is 1.54. The van der Waals surface area contributed by atoms with E-state index in [2.05, 4.69) is 13.8 Å². The minimum Gasteiger partial charge on any atom is -0.496 e. The van der Waals surface area contributed by atoms with Gasteiger partial charge in [0.2, 0.25) is 0 Å². The van der Waals surface area contributed by atoms with Crippen LogP contribution >= 0.6 is 8.58 Å². The molecule has 0 N–H and O–H groups in total. The summed E-state index contributed by atoms with van der Waals surface area (Å²) >= 11 is 0. The van der Waals surface area contributed by atoms with Gasteiger partial charge in [-0.1, -0.05) is 26.0 Å². The maximum absolute atomic E-state index is 12.9. The number of carbonyl (C=O) groups excluding carboxylic acids is 1. The fraction of sp³-hybridized carbons (Fsp3) is 0.381. The van der Waals surface area contributed by atoms with E-state index in [1.165, 1.54) is 0 Å². The minimum absolute atomic E-state index is 0.00382. The zero-order valence-electron chi connectivity index (χ0n) is 16.1. The molecule has 0 aliphatic carbocycles. The van der Waals surface area contributed by atoms with E-state index < -0.39 is 0 Å². The second kappa shape index (κ2) is 9.59. The largest absolute Gasteiger partial charge is 0.496 e. The van der Waals surface area contributed by atoms with Gasteiger partial charge in [0.05, 0.1) is 20.8 Å². The number of methoxy groups -OCH3 is 2. The summed E-state index contributed by atoms with van der Waals surface area (Å²) < 4.78 is 16.5. The quantitative estimate of drug-likeness (QED) is 0.603. The van der Waals surface area contributed by atoms with Crippen LogP contribution in [0.5, 0.6) is 17.2 Å². The predicted molar refractivity (Wildman–Crippen MR) is 108 cm³/mol. The summed E-state index contributed by atoms with van der Waals surface area (Å²) in [5, 5.41) is 0.999. The molecule has 0 amide bonds. The Morgan fingerprint density at radius 3 is 2.27 bits per heavy atom. The first-order valence-corrected chi connectivity index (χ1v) is 9.72. The maximum Gasteiger partial charge on any atom is 0.193 e. The molecule has 2 rings (SSSR count). The molecule has 0 aliphatic rings. The molecule has 2 aromatic rings. The number of ether oxygens (including phenoxy) is 3. The van der Waals surface area contributed by atoms with Crippen LogP contribution in [0.1, 0.15) is 36.2 Å². The van der Waals surface area contributed by atoms with Gasteiger partial charge in [0.1, 0.15) is 22.8 Å². The highest BCUT2D eigenvalue weighted by Crippen LogP contribution is 2.34. The van der Waals surface area contributed by atoms with E-state index in [1.54, 1.807) is 26.4 Å². The summed E-state index contributed by atoms with van der Waals surface area (Å²) in [7, 11) is 3.11. The topological polar surface area (TPSA) is 44.8 Å². The average Bonchev–Trinajstić information content (AvgIpc) is 2.62. The molecule has 0 aromatic heterocycles. The monoisotopic (exact) mass is 374 g/mol. The number of hydrogen-bond acceptors (Lipinski definition) is 4. The number of hydrogen-bond donors (Lipinski definition) is 0. The molecule has 0 saturated carbocycles. The molecule has 1 atom stereocenters. The molecule has 0 aliphatic heterocycles. The van der Waals surface area contributed by atoms with Crippen molar-refractivity contribution in [2.75, 3.05) is 20.8 Å². The number of rotatable bonds is 9. The van der Waals surface area contributed by atoms with E-state index in [9.17, 15) is 4.79 Å². The lowest BCUT2D eigenvalue weighted by atomic mass is 10.1. The highest BCUT2D eigenvalue weighted by molar-refractivity contribution is 7.66. The molecule has 4 nitrogen and oxygen atoms in total. The van der Waals surface area contributed by atoms with Crippen LogP contribution in [0.3, 0.4) is 0 Å². The Morgan fingerprint density at radius 1 is 1.08 bits per heavy atom. The molecule has 26 heavy (non-hydrogen) atoms. The van der Waals surface area contributed by atoms with Gasteiger partial charge in [-0.2, -0.15) is 0 Å². The first kappa shape index (κ1) is 20.3. The van der Waals surface area contributed by atoms with Gasteiger partial charge in [0.25, 0.3) is 0 Å². The van der Waals surface area contributed by atoms with Crippen molar-refractivity contribution in [2.24, 2.45) is 5.92 Å². The smallest absolute Gasteiger partial charge is 0.193 e. The molecule has 5 heteroatoms. The molecule has 2 aromatic carbocycles. The third-order valence-corrected chi connectivity index (χ3v) is 5.37. The average molecular weight is 374 g/mol. The first-order chi connectivity index (χ1) is 12.5. The fourth-order valence-electron chi connectivity index (χ4n) is 2.54. The standard InChI is InChI=1S/C21H27O4P/c1-14(2)11-12-25-16-9-10-19(15(3)13-16)26-21(22)20-17(23-4)7-6-8-18(20)24-5/h6-10,13-14,26H,11-12H2,1-5H3. The van der Waals surface area contributed by atoms with E-state index >= 15 is 0 Å². The molecule has 0 heterocycles. The lowest BCUT2D eigenvalue weighted by molar-refractivity contribution is 0.108. The Morgan fingerprint density at radius 2 is 1.73 bits per heavy atom. The molecule has 0 spiro atoms. The minimum atomic E-state index is -0.00639. The Bertz CT molecular complexity index is 733. The number of carbonyl (C=O) groups is 1. The van der Waals surface area contributed by atoms with E-state index in [4.69, 9.17) is 14.2 Å². The lowest BCUT2D eigenvalue weighted by Gasteiger charge is -2.14. The van der Waals surface area contributed by atoms with Crippen LogP contribution in [0.25, 0.3) is 0 Å². The Balaban J connectivity index is 2.15. The lowest BCUT2D eigenvalue weighted by Crippen LogP contribution is -2.08. The van der Waals surface area contributed by atoms with Crippen LogP contribution in [-0.2, 0) is 0 Å². The van der Waals surface area contributed by atoms with Crippen LogP contribution in [0, 0.1) is 12.8 Å². The zero-order chi connectivity index (χ0) is 19.1. The fourth-order valence-corrected chi connectivity index (χ4v) is 3.59. The molecule has 0 radical (unpaired) electrons. The van der Waals surface area contributed by atoms with Crippen molar-refractivity contribution >= 4 is 19.4 Å². The van der Waals surface area contributed by atoms with Gasteiger partial charge in [-0.25, -0.2) is 0 Å². The van der Waals surface area contributed by atoms with Gasteiger partial charge in [0, 0.05) is 0 Å². The summed E-state index contributed by atoms with van der Waals surface area (Å²) in [6.07, 6.45) is 1.02. The van der Waals surface area contributed by atoms with Crippen molar-refractivity contribution < 1.29 is 19.0 Å². The SMILES string of the molecule is COc1cccc(OC)c1C(=O)Pc1ccc(OCCC(C)C)cc1C. The van der Waals surface area contributed by atoms with Crippen LogP contribution in [0.4, 0.5) is 0 Å². The molecular formula is C21H27O4P. The van der Waals surface area contributed by atoms with Gasteiger partial charge in [-0.3, -0.25) is 4.79 Å². The molecule has 0 fully saturated rings. The van der Waals surface area contributed by atoms with E-state index in [-0.39, 0.29) is 14.1 Å². The van der Waals surface area contributed by atoms with Crippen molar-refractivity contribution in [3.8, 4) is 17.2 Å². The Kier molecular flexibility index (Phi) is 7.47. The summed E-state index contributed by atoms with van der Waals surface area (Å²) in [4.78, 5) is 12.9. The van der Waals surface area contributed by atoms with Crippen molar-refractivity contribution in [3.63, 3.8) is 0 Å². The molecular weight excluding hydrogens is 347 g/mol. The van der Waals surface area contributed by atoms with Crippen LogP contribution < -0.4 is 19.5 Å². The predicted octanol–water partition coefficient (Wildman–Crippen LogP) is 4.58. The molecule has 1 unspecified atom stereocenters. The Hall–Kier alpha value is -2.06. The van der Waals surface area contributed by atoms with Crippen LogP contribution in [0.15, 0.2) is 36.4 Å². The maximum atomic E-state index is 12.9. The molecule has 140 valence electrons. The van der Waals surface area contributed by atoms with Crippen molar-refractivity contribution in [1.29, 1.82) is 0 Å². The number of benzene rings is 2.